The highest BCUT2D eigenvalue weighted by molar-refractivity contribution is 7.89. The maximum Gasteiger partial charge on any atom is 0.243 e. The van der Waals surface area contributed by atoms with Crippen LogP contribution in [-0.4, -0.2) is 62.3 Å². The van der Waals surface area contributed by atoms with E-state index in [4.69, 9.17) is 0 Å². The summed E-state index contributed by atoms with van der Waals surface area (Å²) in [5.41, 5.74) is 2.88. The summed E-state index contributed by atoms with van der Waals surface area (Å²) in [5.74, 6) is -0.0169. The Balaban J connectivity index is 1.53. The summed E-state index contributed by atoms with van der Waals surface area (Å²) >= 11 is 0. The monoisotopic (exact) mass is 429 g/mol. The predicted octanol–water partition coefficient (Wildman–Crippen LogP) is 2.36. The minimum Gasteiger partial charge on any atom is -0.354 e. The Morgan fingerprint density at radius 1 is 1.03 bits per heavy atom. The number of benzene rings is 2. The van der Waals surface area contributed by atoms with Crippen LogP contribution in [0.4, 0.5) is 0 Å². The number of rotatable bonds is 7. The molecular formula is C23H31N3O3S. The van der Waals surface area contributed by atoms with E-state index in [2.05, 4.69) is 5.32 Å². The molecule has 1 fully saturated rings. The Kier molecular flexibility index (Phi) is 7.28. The molecule has 1 atom stereocenters. The van der Waals surface area contributed by atoms with Gasteiger partial charge in [-0.3, -0.25) is 9.69 Å². The molecule has 0 saturated carbocycles. The number of nitrogens with zero attached hydrogens (tertiary/aromatic N) is 2. The van der Waals surface area contributed by atoms with Crippen LogP contribution in [0.1, 0.15) is 23.6 Å². The molecule has 0 aromatic heterocycles. The van der Waals surface area contributed by atoms with Crippen LogP contribution < -0.4 is 5.32 Å². The smallest absolute Gasteiger partial charge is 0.243 e. The van der Waals surface area contributed by atoms with Crippen molar-refractivity contribution in [2.24, 2.45) is 0 Å². The van der Waals surface area contributed by atoms with E-state index in [1.54, 1.807) is 6.07 Å². The first kappa shape index (κ1) is 22.5. The maximum atomic E-state index is 13.1. The molecule has 2 aromatic rings. The van der Waals surface area contributed by atoms with Gasteiger partial charge < -0.3 is 5.32 Å². The molecule has 0 spiro atoms. The first-order chi connectivity index (χ1) is 14.3. The fourth-order valence-corrected chi connectivity index (χ4v) is 5.48. The Labute approximate surface area is 179 Å². The van der Waals surface area contributed by atoms with E-state index in [0.717, 1.165) is 17.5 Å². The second kappa shape index (κ2) is 9.73. The van der Waals surface area contributed by atoms with Crippen LogP contribution in [0.15, 0.2) is 53.4 Å². The zero-order valence-electron chi connectivity index (χ0n) is 18.0. The molecule has 1 aliphatic rings. The van der Waals surface area contributed by atoms with Crippen LogP contribution in [0.25, 0.3) is 0 Å². The number of piperazine rings is 1. The molecule has 0 bridgehead atoms. The standard InChI is InChI=1S/C23H31N3O3S/c1-18-9-10-19(2)22(17-18)30(28,29)26-15-13-25(14-16-26)20(3)23(27)24-12-11-21-7-5-4-6-8-21/h4-10,17,20H,11-16H2,1-3H3,(H,24,27)/t20-/m1/s1. The molecule has 30 heavy (non-hydrogen) atoms. The Morgan fingerprint density at radius 3 is 2.37 bits per heavy atom. The summed E-state index contributed by atoms with van der Waals surface area (Å²) in [6.07, 6.45) is 0.793. The average Bonchev–Trinajstić information content (AvgIpc) is 2.75. The largest absolute Gasteiger partial charge is 0.354 e. The highest BCUT2D eigenvalue weighted by Gasteiger charge is 2.32. The van der Waals surface area contributed by atoms with Gasteiger partial charge >= 0.3 is 0 Å². The lowest BCUT2D eigenvalue weighted by Gasteiger charge is -2.37. The van der Waals surface area contributed by atoms with Gasteiger partial charge in [0.15, 0.2) is 0 Å². The molecule has 6 nitrogen and oxygen atoms in total. The third-order valence-corrected chi connectivity index (χ3v) is 7.76. The van der Waals surface area contributed by atoms with Gasteiger partial charge in [-0.05, 0) is 49.9 Å². The third-order valence-electron chi connectivity index (χ3n) is 5.72. The molecule has 1 aliphatic heterocycles. The predicted molar refractivity (Wildman–Crippen MR) is 119 cm³/mol. The SMILES string of the molecule is Cc1ccc(C)c(S(=O)(=O)N2CCN([C@H](C)C(=O)NCCc3ccccc3)CC2)c1. The van der Waals surface area contributed by atoms with Crippen LogP contribution in [0.2, 0.25) is 0 Å². The van der Waals surface area contributed by atoms with Gasteiger partial charge in [0.2, 0.25) is 15.9 Å². The van der Waals surface area contributed by atoms with Gasteiger partial charge in [-0.15, -0.1) is 0 Å². The van der Waals surface area contributed by atoms with Crippen molar-refractivity contribution in [2.75, 3.05) is 32.7 Å². The molecule has 1 amide bonds. The second-order valence-corrected chi connectivity index (χ2v) is 9.82. The van der Waals surface area contributed by atoms with E-state index in [-0.39, 0.29) is 11.9 Å². The van der Waals surface area contributed by atoms with Gasteiger partial charge in [0, 0.05) is 32.7 Å². The molecule has 0 radical (unpaired) electrons. The normalized spacial score (nSPS) is 16.9. The summed E-state index contributed by atoms with van der Waals surface area (Å²) in [5, 5.41) is 3.00. The average molecular weight is 430 g/mol. The third kappa shape index (κ3) is 5.28. The number of carbonyl (C=O) groups excluding carboxylic acids is 1. The number of hydrogen-bond acceptors (Lipinski definition) is 4. The van der Waals surface area contributed by atoms with Crippen molar-refractivity contribution in [2.45, 2.75) is 38.1 Å². The topological polar surface area (TPSA) is 69.7 Å². The first-order valence-electron chi connectivity index (χ1n) is 10.4. The van der Waals surface area contributed by atoms with Gasteiger partial charge in [0.05, 0.1) is 10.9 Å². The summed E-state index contributed by atoms with van der Waals surface area (Å²) in [4.78, 5) is 15.0. The molecule has 1 saturated heterocycles. The molecule has 1 heterocycles. The number of amides is 1. The number of aryl methyl sites for hydroxylation is 2. The lowest BCUT2D eigenvalue weighted by molar-refractivity contribution is -0.126. The molecule has 0 aliphatic carbocycles. The van der Waals surface area contributed by atoms with Crippen LogP contribution >= 0.6 is 0 Å². The minimum atomic E-state index is -3.52. The summed E-state index contributed by atoms with van der Waals surface area (Å²) in [6.45, 7) is 8.04. The molecule has 1 N–H and O–H groups in total. The number of sulfonamides is 1. The van der Waals surface area contributed by atoms with E-state index in [1.807, 2.05) is 68.1 Å². The fourth-order valence-electron chi connectivity index (χ4n) is 3.74. The van der Waals surface area contributed by atoms with E-state index >= 15 is 0 Å². The highest BCUT2D eigenvalue weighted by atomic mass is 32.2. The quantitative estimate of drug-likeness (QED) is 0.734. The Morgan fingerprint density at radius 2 is 1.70 bits per heavy atom. The van der Waals surface area contributed by atoms with Crippen molar-refractivity contribution in [1.29, 1.82) is 0 Å². The Hall–Kier alpha value is -2.22. The lowest BCUT2D eigenvalue weighted by atomic mass is 10.1. The van der Waals surface area contributed by atoms with Gasteiger partial charge in [-0.2, -0.15) is 4.31 Å². The number of nitrogens with one attached hydrogen (secondary N) is 1. The molecule has 0 unspecified atom stereocenters. The zero-order chi connectivity index (χ0) is 21.7. The van der Waals surface area contributed by atoms with Crippen molar-refractivity contribution >= 4 is 15.9 Å². The molecule has 3 rings (SSSR count). The van der Waals surface area contributed by atoms with Crippen LogP contribution in [-0.2, 0) is 21.2 Å². The summed E-state index contributed by atoms with van der Waals surface area (Å²) in [6, 6.07) is 15.3. The number of carbonyl (C=O) groups is 1. The van der Waals surface area contributed by atoms with Crippen molar-refractivity contribution in [3.05, 3.63) is 65.2 Å². The summed E-state index contributed by atoms with van der Waals surface area (Å²) in [7, 11) is -3.52. The van der Waals surface area contributed by atoms with Crippen LogP contribution in [0.5, 0.6) is 0 Å². The maximum absolute atomic E-state index is 13.1. The van der Waals surface area contributed by atoms with E-state index in [9.17, 15) is 13.2 Å². The molecule has 162 valence electrons. The zero-order valence-corrected chi connectivity index (χ0v) is 18.8. The van der Waals surface area contributed by atoms with Gasteiger partial charge in [-0.25, -0.2) is 8.42 Å². The van der Waals surface area contributed by atoms with E-state index in [0.29, 0.717) is 37.6 Å². The van der Waals surface area contributed by atoms with Crippen molar-refractivity contribution in [3.63, 3.8) is 0 Å². The second-order valence-electron chi connectivity index (χ2n) is 7.91. The first-order valence-corrected chi connectivity index (χ1v) is 11.9. The lowest BCUT2D eigenvalue weighted by Crippen LogP contribution is -2.55. The summed E-state index contributed by atoms with van der Waals surface area (Å²) < 4.78 is 27.7. The number of hydrogen-bond donors (Lipinski definition) is 1. The highest BCUT2D eigenvalue weighted by Crippen LogP contribution is 2.22. The van der Waals surface area contributed by atoms with Gasteiger partial charge in [0.1, 0.15) is 0 Å². The van der Waals surface area contributed by atoms with Gasteiger partial charge in [-0.1, -0.05) is 42.5 Å². The van der Waals surface area contributed by atoms with Crippen LogP contribution in [0.3, 0.4) is 0 Å². The van der Waals surface area contributed by atoms with Crippen molar-refractivity contribution in [3.8, 4) is 0 Å². The fraction of sp³-hybridized carbons (Fsp3) is 0.435. The van der Waals surface area contributed by atoms with Crippen LogP contribution in [0, 0.1) is 13.8 Å². The minimum absolute atomic E-state index is 0.0169. The molecule has 7 heteroatoms. The Bertz CT molecular complexity index is 968. The van der Waals surface area contributed by atoms with Crippen molar-refractivity contribution in [1.82, 2.24) is 14.5 Å². The van der Waals surface area contributed by atoms with Crippen molar-refractivity contribution < 1.29 is 13.2 Å². The molecular weight excluding hydrogens is 398 g/mol. The molecule has 2 aromatic carbocycles. The van der Waals surface area contributed by atoms with E-state index < -0.39 is 10.0 Å². The van der Waals surface area contributed by atoms with Gasteiger partial charge in [0.25, 0.3) is 0 Å². The van der Waals surface area contributed by atoms with E-state index in [1.165, 1.54) is 9.87 Å².